The number of halogens is 2. The van der Waals surface area contributed by atoms with E-state index < -0.39 is 11.6 Å². The molecule has 0 amide bonds. The molecule has 6 rings (SSSR count). The normalized spacial score (nSPS) is 19.7. The van der Waals surface area contributed by atoms with Crippen molar-refractivity contribution in [3.63, 3.8) is 0 Å². The average Bonchev–Trinajstić information content (AvgIpc) is 3.47. The Bertz CT molecular complexity index is 1420. The van der Waals surface area contributed by atoms with Crippen LogP contribution in [0.3, 0.4) is 0 Å². The molecule has 0 radical (unpaired) electrons. The number of hydrogen-bond donors (Lipinski definition) is 3. The highest BCUT2D eigenvalue weighted by Gasteiger charge is 2.29. The molecule has 186 valence electrons. The van der Waals surface area contributed by atoms with Crippen LogP contribution in [0.25, 0.3) is 20.8 Å². The Morgan fingerprint density at radius 3 is 2.58 bits per heavy atom. The van der Waals surface area contributed by atoms with Crippen LogP contribution in [0.1, 0.15) is 55.0 Å². The van der Waals surface area contributed by atoms with E-state index in [2.05, 4.69) is 20.6 Å². The van der Waals surface area contributed by atoms with Gasteiger partial charge in [0.15, 0.2) is 0 Å². The van der Waals surface area contributed by atoms with Crippen LogP contribution in [0.15, 0.2) is 30.5 Å². The lowest BCUT2D eigenvalue weighted by atomic mass is 10.2. The third-order valence-corrected chi connectivity index (χ3v) is 7.94. The zero-order chi connectivity index (χ0) is 24.8. The van der Waals surface area contributed by atoms with Gasteiger partial charge >= 0.3 is 0 Å². The van der Waals surface area contributed by atoms with Gasteiger partial charge in [-0.1, -0.05) is 6.07 Å². The van der Waals surface area contributed by atoms with Crippen LogP contribution in [0.4, 0.5) is 20.5 Å². The Balaban J connectivity index is 1.38. The fourth-order valence-electron chi connectivity index (χ4n) is 4.86. The summed E-state index contributed by atoms with van der Waals surface area (Å²) in [6, 6.07) is 6.17. The highest BCUT2D eigenvalue weighted by molar-refractivity contribution is 7.21. The number of benzene rings is 1. The summed E-state index contributed by atoms with van der Waals surface area (Å²) in [6.07, 6.45) is 6.91. The molecule has 3 aromatic heterocycles. The highest BCUT2D eigenvalue weighted by Crippen LogP contribution is 2.44. The molecule has 4 N–H and O–H groups in total. The van der Waals surface area contributed by atoms with Gasteiger partial charge in [-0.15, -0.1) is 11.3 Å². The molecule has 2 fully saturated rings. The number of rotatable bonds is 7. The van der Waals surface area contributed by atoms with Crippen molar-refractivity contribution in [1.29, 1.82) is 0 Å². The van der Waals surface area contributed by atoms with E-state index in [4.69, 9.17) is 15.7 Å². The van der Waals surface area contributed by atoms with E-state index in [1.165, 1.54) is 18.2 Å². The first-order valence-corrected chi connectivity index (χ1v) is 13.1. The third kappa shape index (κ3) is 4.51. The predicted molar refractivity (Wildman–Crippen MR) is 138 cm³/mol. The number of pyridine rings is 1. The molecule has 2 saturated carbocycles. The number of aryl methyl sites for hydroxylation is 1. The minimum absolute atomic E-state index is 0.0506. The molecule has 10 heteroatoms. The van der Waals surface area contributed by atoms with Gasteiger partial charge in [0.05, 0.1) is 21.7 Å². The van der Waals surface area contributed by atoms with Crippen molar-refractivity contribution in [2.24, 2.45) is 5.73 Å². The molecule has 36 heavy (non-hydrogen) atoms. The smallest absolute Gasteiger partial charge is 0.225 e. The maximum Gasteiger partial charge on any atom is 0.225 e. The van der Waals surface area contributed by atoms with Gasteiger partial charge in [0.25, 0.3) is 0 Å². The fraction of sp³-hybridized carbons (Fsp3) is 0.385. The Morgan fingerprint density at radius 2 is 1.86 bits per heavy atom. The summed E-state index contributed by atoms with van der Waals surface area (Å²) in [6.45, 7) is 1.84. The first kappa shape index (κ1) is 23.2. The van der Waals surface area contributed by atoms with E-state index in [-0.39, 0.29) is 24.2 Å². The Hall–Kier alpha value is -3.24. The summed E-state index contributed by atoms with van der Waals surface area (Å²) in [5, 5.41) is 7.40. The molecule has 0 bridgehead atoms. The third-order valence-electron chi connectivity index (χ3n) is 6.90. The molecular formula is C26H27F2N7S. The molecular weight excluding hydrogens is 480 g/mol. The first-order valence-electron chi connectivity index (χ1n) is 12.3. The summed E-state index contributed by atoms with van der Waals surface area (Å²) in [4.78, 5) is 19.0. The van der Waals surface area contributed by atoms with Crippen LogP contribution in [0.5, 0.6) is 0 Å². The number of nitrogens with two attached hydrogens (primary N) is 1. The molecule has 0 aliphatic heterocycles. The number of aromatic nitrogens is 4. The maximum atomic E-state index is 14.1. The van der Waals surface area contributed by atoms with Crippen LogP contribution >= 0.6 is 11.3 Å². The lowest BCUT2D eigenvalue weighted by molar-refractivity contribution is 0.559. The van der Waals surface area contributed by atoms with Gasteiger partial charge in [-0.05, 0) is 57.2 Å². The van der Waals surface area contributed by atoms with E-state index in [1.54, 1.807) is 11.3 Å². The van der Waals surface area contributed by atoms with Crippen LogP contribution < -0.4 is 16.4 Å². The second kappa shape index (κ2) is 9.33. The summed E-state index contributed by atoms with van der Waals surface area (Å²) < 4.78 is 29.4. The van der Waals surface area contributed by atoms with Crippen LogP contribution in [0, 0.1) is 18.6 Å². The number of anilines is 2. The molecule has 2 atom stereocenters. The van der Waals surface area contributed by atoms with Gasteiger partial charge in [0.2, 0.25) is 5.95 Å². The predicted octanol–water partition coefficient (Wildman–Crippen LogP) is 5.52. The van der Waals surface area contributed by atoms with Crippen LogP contribution in [-0.4, -0.2) is 32.0 Å². The molecule has 2 aliphatic rings. The average molecular weight is 508 g/mol. The van der Waals surface area contributed by atoms with E-state index in [1.807, 2.05) is 19.2 Å². The Morgan fingerprint density at radius 1 is 1.06 bits per heavy atom. The Labute approximate surface area is 211 Å². The zero-order valence-electron chi connectivity index (χ0n) is 19.9. The van der Waals surface area contributed by atoms with Crippen molar-refractivity contribution in [2.45, 2.75) is 63.6 Å². The van der Waals surface area contributed by atoms with Crippen LogP contribution in [-0.2, 0) is 6.54 Å². The number of nitrogens with one attached hydrogen (secondary N) is 2. The monoisotopic (exact) mass is 507 g/mol. The van der Waals surface area contributed by atoms with Gasteiger partial charge in [-0.2, -0.15) is 4.98 Å². The lowest BCUT2D eigenvalue weighted by Crippen LogP contribution is -2.22. The summed E-state index contributed by atoms with van der Waals surface area (Å²) in [7, 11) is 0. The van der Waals surface area contributed by atoms with Crippen LogP contribution in [0.2, 0.25) is 0 Å². The minimum atomic E-state index is -0.608. The number of fused-ring (bicyclic) bond motifs is 1. The van der Waals surface area contributed by atoms with Crippen molar-refractivity contribution in [1.82, 2.24) is 19.9 Å². The number of nitrogens with zero attached hydrogens (tertiary/aromatic N) is 4. The highest BCUT2D eigenvalue weighted by atomic mass is 32.1. The fourth-order valence-corrected chi connectivity index (χ4v) is 5.93. The van der Waals surface area contributed by atoms with Crippen molar-refractivity contribution in [2.75, 3.05) is 10.6 Å². The molecule has 0 saturated heterocycles. The molecule has 0 spiro atoms. The van der Waals surface area contributed by atoms with Crippen molar-refractivity contribution in [3.05, 3.63) is 59.0 Å². The maximum absolute atomic E-state index is 14.1. The van der Waals surface area contributed by atoms with Crippen molar-refractivity contribution >= 4 is 33.3 Å². The molecule has 2 unspecified atom stereocenters. The van der Waals surface area contributed by atoms with E-state index >= 15 is 0 Å². The standard InChI is InChI=1S/C26H27F2N7S/c1-13-21(25-34-23-20(36-25)9-10-30-22(23)14-5-6-14)24(33-16-8-7-15(29)11-16)35-26(32-13)31-12-17-18(27)3-2-4-19(17)28/h2-4,9-10,14-16H,5-8,11-12,29H2,1H3,(H2,31,32,33,35). The van der Waals surface area contributed by atoms with Crippen molar-refractivity contribution < 1.29 is 8.78 Å². The largest absolute Gasteiger partial charge is 0.367 e. The van der Waals surface area contributed by atoms with E-state index in [0.717, 1.165) is 64.3 Å². The molecule has 1 aromatic carbocycles. The summed E-state index contributed by atoms with van der Waals surface area (Å²) in [5.41, 5.74) is 9.68. The molecule has 3 heterocycles. The first-order chi connectivity index (χ1) is 17.5. The van der Waals surface area contributed by atoms with Gasteiger partial charge in [-0.25, -0.2) is 18.7 Å². The van der Waals surface area contributed by atoms with Gasteiger partial charge in [-0.3, -0.25) is 4.98 Å². The van der Waals surface area contributed by atoms with E-state index in [9.17, 15) is 8.78 Å². The second-order valence-electron chi connectivity index (χ2n) is 9.66. The van der Waals surface area contributed by atoms with E-state index in [0.29, 0.717) is 17.7 Å². The number of hydrogen-bond acceptors (Lipinski definition) is 8. The molecule has 7 nitrogen and oxygen atoms in total. The van der Waals surface area contributed by atoms with Gasteiger partial charge in [0, 0.05) is 36.3 Å². The summed E-state index contributed by atoms with van der Waals surface area (Å²) in [5.74, 6) is 0.222. The molecule has 4 aromatic rings. The van der Waals surface area contributed by atoms with Gasteiger partial charge in [0.1, 0.15) is 28.0 Å². The topological polar surface area (TPSA) is 102 Å². The number of thiazole rings is 1. The zero-order valence-corrected chi connectivity index (χ0v) is 20.7. The lowest BCUT2D eigenvalue weighted by Gasteiger charge is -2.18. The summed E-state index contributed by atoms with van der Waals surface area (Å²) >= 11 is 1.60. The minimum Gasteiger partial charge on any atom is -0.367 e. The Kier molecular flexibility index (Phi) is 6.00. The van der Waals surface area contributed by atoms with Crippen molar-refractivity contribution in [3.8, 4) is 10.6 Å². The molecule has 2 aliphatic carbocycles. The second-order valence-corrected chi connectivity index (χ2v) is 10.7. The SMILES string of the molecule is Cc1nc(NCc2c(F)cccc2F)nc(NC2CCC(N)C2)c1-c1nc2c(C3CC3)nccc2s1. The quantitative estimate of drug-likeness (QED) is 0.303. The van der Waals surface area contributed by atoms with Gasteiger partial charge < -0.3 is 16.4 Å².